The van der Waals surface area contributed by atoms with E-state index in [0.29, 0.717) is 18.7 Å². The maximum Gasteiger partial charge on any atom is 0.257 e. The van der Waals surface area contributed by atoms with E-state index >= 15 is 0 Å². The van der Waals surface area contributed by atoms with Crippen LogP contribution in [0.4, 0.5) is 0 Å². The molecular weight excluding hydrogens is 240 g/mol. The Bertz CT molecular complexity index is 555. The SMILES string of the molecule is CCN(Cc1ccccn1)C(=O)c1ccccc1O. The first kappa shape index (κ1) is 13.1. The van der Waals surface area contributed by atoms with Crippen LogP contribution in [0.5, 0.6) is 5.75 Å². The van der Waals surface area contributed by atoms with Gasteiger partial charge in [-0.05, 0) is 31.2 Å². The molecule has 0 fully saturated rings. The Balaban J connectivity index is 2.18. The molecule has 1 heterocycles. The molecule has 0 aliphatic carbocycles. The first-order chi connectivity index (χ1) is 9.22. The van der Waals surface area contributed by atoms with Crippen molar-refractivity contribution in [2.75, 3.05) is 6.54 Å². The van der Waals surface area contributed by atoms with Crippen LogP contribution in [-0.2, 0) is 6.54 Å². The number of phenols is 1. The molecule has 1 aromatic heterocycles. The van der Waals surface area contributed by atoms with Crippen molar-refractivity contribution in [2.24, 2.45) is 0 Å². The minimum absolute atomic E-state index is 0.00645. The van der Waals surface area contributed by atoms with Gasteiger partial charge in [0.2, 0.25) is 0 Å². The summed E-state index contributed by atoms with van der Waals surface area (Å²) in [5.74, 6) is -0.182. The highest BCUT2D eigenvalue weighted by Crippen LogP contribution is 2.18. The Kier molecular flexibility index (Phi) is 4.13. The maximum atomic E-state index is 12.3. The lowest BCUT2D eigenvalue weighted by atomic mass is 10.1. The molecular formula is C15H16N2O2. The molecule has 0 saturated carbocycles. The van der Waals surface area contributed by atoms with Gasteiger partial charge in [-0.3, -0.25) is 9.78 Å². The Hall–Kier alpha value is -2.36. The summed E-state index contributed by atoms with van der Waals surface area (Å²) in [5.41, 5.74) is 1.15. The number of benzene rings is 1. The van der Waals surface area contributed by atoms with E-state index in [1.54, 1.807) is 29.3 Å². The van der Waals surface area contributed by atoms with Gasteiger partial charge in [0.15, 0.2) is 0 Å². The number of pyridine rings is 1. The summed E-state index contributed by atoms with van der Waals surface area (Å²) < 4.78 is 0. The van der Waals surface area contributed by atoms with E-state index in [1.165, 1.54) is 6.07 Å². The van der Waals surface area contributed by atoms with E-state index < -0.39 is 0 Å². The highest BCUT2D eigenvalue weighted by Gasteiger charge is 2.17. The monoisotopic (exact) mass is 256 g/mol. The van der Waals surface area contributed by atoms with E-state index in [9.17, 15) is 9.90 Å². The minimum atomic E-state index is -0.189. The van der Waals surface area contributed by atoms with Crippen molar-refractivity contribution in [3.05, 3.63) is 59.9 Å². The molecule has 19 heavy (non-hydrogen) atoms. The number of phenolic OH excluding ortho intramolecular Hbond substituents is 1. The van der Waals surface area contributed by atoms with Crippen molar-refractivity contribution < 1.29 is 9.90 Å². The smallest absolute Gasteiger partial charge is 0.257 e. The predicted octanol–water partition coefficient (Wildman–Crippen LogP) is 2.45. The summed E-state index contributed by atoms with van der Waals surface area (Å²) in [7, 11) is 0. The summed E-state index contributed by atoms with van der Waals surface area (Å²) in [6.45, 7) is 2.90. The lowest BCUT2D eigenvalue weighted by Crippen LogP contribution is -2.30. The molecule has 98 valence electrons. The van der Waals surface area contributed by atoms with Gasteiger partial charge in [-0.1, -0.05) is 18.2 Å². The molecule has 4 heteroatoms. The van der Waals surface area contributed by atoms with E-state index in [2.05, 4.69) is 4.98 Å². The molecule has 0 atom stereocenters. The average molecular weight is 256 g/mol. The van der Waals surface area contributed by atoms with Crippen LogP contribution < -0.4 is 0 Å². The fourth-order valence-electron chi connectivity index (χ4n) is 1.84. The number of aromatic nitrogens is 1. The predicted molar refractivity (Wildman–Crippen MR) is 72.8 cm³/mol. The van der Waals surface area contributed by atoms with Gasteiger partial charge in [-0.2, -0.15) is 0 Å². The lowest BCUT2D eigenvalue weighted by Gasteiger charge is -2.20. The second kappa shape index (κ2) is 6.00. The number of rotatable bonds is 4. The summed E-state index contributed by atoms with van der Waals surface area (Å²) in [6, 6.07) is 12.2. The molecule has 0 saturated heterocycles. The van der Waals surface area contributed by atoms with Crippen LogP contribution in [0.3, 0.4) is 0 Å². The number of carbonyl (C=O) groups is 1. The van der Waals surface area contributed by atoms with E-state index in [-0.39, 0.29) is 11.7 Å². The van der Waals surface area contributed by atoms with Crippen LogP contribution in [0.2, 0.25) is 0 Å². The van der Waals surface area contributed by atoms with Gasteiger partial charge in [-0.25, -0.2) is 0 Å². The Morgan fingerprint density at radius 3 is 2.58 bits per heavy atom. The quantitative estimate of drug-likeness (QED) is 0.914. The third kappa shape index (κ3) is 3.10. The molecule has 0 spiro atoms. The number of hydrogen-bond acceptors (Lipinski definition) is 3. The van der Waals surface area contributed by atoms with E-state index in [4.69, 9.17) is 0 Å². The van der Waals surface area contributed by atoms with Crippen molar-refractivity contribution in [3.63, 3.8) is 0 Å². The number of para-hydroxylation sites is 1. The Morgan fingerprint density at radius 1 is 1.21 bits per heavy atom. The third-order valence-electron chi connectivity index (χ3n) is 2.88. The lowest BCUT2D eigenvalue weighted by molar-refractivity contribution is 0.0747. The van der Waals surface area contributed by atoms with Crippen LogP contribution in [-0.4, -0.2) is 27.4 Å². The minimum Gasteiger partial charge on any atom is -0.507 e. The fourth-order valence-corrected chi connectivity index (χ4v) is 1.84. The summed E-state index contributed by atoms with van der Waals surface area (Å²) in [4.78, 5) is 18.2. The molecule has 0 aliphatic heterocycles. The number of nitrogens with zero attached hydrogens (tertiary/aromatic N) is 2. The molecule has 0 unspecified atom stereocenters. The third-order valence-corrected chi connectivity index (χ3v) is 2.88. The molecule has 0 bridgehead atoms. The standard InChI is InChI=1S/C15H16N2O2/c1-2-17(11-12-7-5-6-10-16-12)15(19)13-8-3-4-9-14(13)18/h3-10,18H,2,11H2,1H3. The van der Waals surface area contributed by atoms with Gasteiger partial charge in [-0.15, -0.1) is 0 Å². The largest absolute Gasteiger partial charge is 0.507 e. The van der Waals surface area contributed by atoms with Gasteiger partial charge >= 0.3 is 0 Å². The van der Waals surface area contributed by atoms with E-state index in [0.717, 1.165) is 5.69 Å². The fraction of sp³-hybridized carbons (Fsp3) is 0.200. The molecule has 0 aliphatic rings. The number of aromatic hydroxyl groups is 1. The zero-order valence-corrected chi connectivity index (χ0v) is 10.8. The van der Waals surface area contributed by atoms with Crippen molar-refractivity contribution >= 4 is 5.91 Å². The zero-order valence-electron chi connectivity index (χ0n) is 10.8. The second-order valence-corrected chi connectivity index (χ2v) is 4.16. The van der Waals surface area contributed by atoms with Crippen LogP contribution in [0.1, 0.15) is 23.0 Å². The van der Waals surface area contributed by atoms with E-state index in [1.807, 2.05) is 25.1 Å². The molecule has 4 nitrogen and oxygen atoms in total. The Morgan fingerprint density at radius 2 is 1.95 bits per heavy atom. The number of hydrogen-bond donors (Lipinski definition) is 1. The number of carbonyl (C=O) groups excluding carboxylic acids is 1. The summed E-state index contributed by atoms with van der Waals surface area (Å²) in [5, 5.41) is 9.73. The van der Waals surface area contributed by atoms with Crippen LogP contribution in [0, 0.1) is 0 Å². The van der Waals surface area contributed by atoms with Crippen molar-refractivity contribution in [1.29, 1.82) is 0 Å². The van der Waals surface area contributed by atoms with Gasteiger partial charge in [0, 0.05) is 12.7 Å². The van der Waals surface area contributed by atoms with Gasteiger partial charge in [0.05, 0.1) is 17.8 Å². The topological polar surface area (TPSA) is 53.4 Å². The second-order valence-electron chi connectivity index (χ2n) is 4.16. The summed E-state index contributed by atoms with van der Waals surface area (Å²) in [6.07, 6.45) is 1.70. The number of amides is 1. The maximum absolute atomic E-state index is 12.3. The molecule has 1 aromatic carbocycles. The van der Waals surface area contributed by atoms with Crippen LogP contribution in [0.25, 0.3) is 0 Å². The van der Waals surface area contributed by atoms with Crippen molar-refractivity contribution in [2.45, 2.75) is 13.5 Å². The molecule has 2 aromatic rings. The van der Waals surface area contributed by atoms with Gasteiger partial charge in [0.25, 0.3) is 5.91 Å². The normalized spacial score (nSPS) is 10.2. The highest BCUT2D eigenvalue weighted by atomic mass is 16.3. The van der Waals surface area contributed by atoms with Gasteiger partial charge < -0.3 is 10.0 Å². The van der Waals surface area contributed by atoms with Crippen molar-refractivity contribution in [3.8, 4) is 5.75 Å². The van der Waals surface area contributed by atoms with Gasteiger partial charge in [0.1, 0.15) is 5.75 Å². The van der Waals surface area contributed by atoms with Crippen molar-refractivity contribution in [1.82, 2.24) is 9.88 Å². The zero-order chi connectivity index (χ0) is 13.7. The first-order valence-corrected chi connectivity index (χ1v) is 6.19. The summed E-state index contributed by atoms with van der Waals surface area (Å²) >= 11 is 0. The molecule has 0 radical (unpaired) electrons. The Labute approximate surface area is 112 Å². The first-order valence-electron chi connectivity index (χ1n) is 6.19. The van der Waals surface area contributed by atoms with Crippen LogP contribution >= 0.6 is 0 Å². The molecule has 1 N–H and O–H groups in total. The highest BCUT2D eigenvalue weighted by molar-refractivity contribution is 5.96. The van der Waals surface area contributed by atoms with Crippen LogP contribution in [0.15, 0.2) is 48.7 Å². The molecule has 2 rings (SSSR count). The average Bonchev–Trinajstić information content (AvgIpc) is 2.46. The molecule has 1 amide bonds.